The van der Waals surface area contributed by atoms with Gasteiger partial charge in [-0.15, -0.1) is 0 Å². The van der Waals surface area contributed by atoms with Crippen molar-refractivity contribution in [3.05, 3.63) is 162 Å². The number of nitrogens with zero attached hydrogens (tertiary/aromatic N) is 1. The van der Waals surface area contributed by atoms with Crippen molar-refractivity contribution in [2.75, 3.05) is 11.4 Å². The Morgan fingerprint density at radius 2 is 1.44 bits per heavy atom. The van der Waals surface area contributed by atoms with Gasteiger partial charge in [-0.1, -0.05) is 154 Å². The molecular formula is C48H67NO. The van der Waals surface area contributed by atoms with Crippen LogP contribution in [0.2, 0.25) is 0 Å². The first-order valence-corrected chi connectivity index (χ1v) is 18.4. The third kappa shape index (κ3) is 14.2. The number of benzene rings is 2. The molecule has 1 aliphatic rings. The van der Waals surface area contributed by atoms with Gasteiger partial charge in [0, 0.05) is 29.9 Å². The highest BCUT2D eigenvalue weighted by atomic mass is 16.1. The Kier molecular flexibility index (Phi) is 22.5. The molecule has 1 atom stereocenters. The molecule has 0 bridgehead atoms. The van der Waals surface area contributed by atoms with Gasteiger partial charge in [0.05, 0.1) is 0 Å². The van der Waals surface area contributed by atoms with Gasteiger partial charge in [0.25, 0.3) is 0 Å². The van der Waals surface area contributed by atoms with Crippen LogP contribution < -0.4 is 4.90 Å². The van der Waals surface area contributed by atoms with Gasteiger partial charge in [0.1, 0.15) is 0 Å². The maximum atomic E-state index is 12.0. The molecule has 0 heterocycles. The van der Waals surface area contributed by atoms with Crippen LogP contribution in [0.25, 0.3) is 5.57 Å². The van der Waals surface area contributed by atoms with E-state index in [1.807, 2.05) is 59.8 Å². The highest BCUT2D eigenvalue weighted by Crippen LogP contribution is 2.34. The molecule has 0 fully saturated rings. The van der Waals surface area contributed by atoms with E-state index in [1.165, 1.54) is 28.1 Å². The number of hydrogen-bond donors (Lipinski definition) is 0. The van der Waals surface area contributed by atoms with E-state index in [0.717, 1.165) is 28.8 Å². The molecule has 2 heteroatoms. The van der Waals surface area contributed by atoms with Crippen molar-refractivity contribution in [2.24, 2.45) is 5.41 Å². The Labute approximate surface area is 307 Å². The first kappa shape index (κ1) is 45.6. The lowest BCUT2D eigenvalue weighted by molar-refractivity contribution is -0.114. The summed E-state index contributed by atoms with van der Waals surface area (Å²) in [5.74, 6) is 0.592. The van der Waals surface area contributed by atoms with Crippen LogP contribution in [0, 0.1) is 5.41 Å². The van der Waals surface area contributed by atoms with Gasteiger partial charge in [0.15, 0.2) is 5.78 Å². The molecule has 0 aromatic heterocycles. The van der Waals surface area contributed by atoms with Crippen molar-refractivity contribution in [3.8, 4) is 0 Å². The highest BCUT2D eigenvalue weighted by Gasteiger charge is 2.24. The second-order valence-corrected chi connectivity index (χ2v) is 12.4. The lowest BCUT2D eigenvalue weighted by Gasteiger charge is -2.24. The number of anilines is 2. The third-order valence-electron chi connectivity index (χ3n) is 8.16. The summed E-state index contributed by atoms with van der Waals surface area (Å²) in [5, 5.41) is 0. The average Bonchev–Trinajstić information content (AvgIpc) is 3.39. The molecule has 2 nitrogen and oxygen atoms in total. The topological polar surface area (TPSA) is 20.3 Å². The van der Waals surface area contributed by atoms with Gasteiger partial charge in [-0.2, -0.15) is 0 Å². The summed E-state index contributed by atoms with van der Waals surface area (Å²) < 4.78 is 0. The lowest BCUT2D eigenvalue weighted by Crippen LogP contribution is -2.15. The first-order chi connectivity index (χ1) is 23.9. The average molecular weight is 674 g/mol. The zero-order valence-electron chi connectivity index (χ0n) is 33.7. The smallest absolute Gasteiger partial charge is 0.167 e. The SMILES string of the molecule is C/C=C\C=C/C(C)c1ccc(N(CC)c2ccc(C(/C=C\C)=C/C)cc2)cc1.C=C/C=C1\CC(=O)C(/C=C(\C=C)C(C)(C)C)=C1C.CC.CC. The fourth-order valence-electron chi connectivity index (χ4n) is 5.33. The van der Waals surface area contributed by atoms with Crippen LogP contribution in [-0.2, 0) is 4.79 Å². The van der Waals surface area contributed by atoms with Gasteiger partial charge in [0.2, 0.25) is 0 Å². The lowest BCUT2D eigenvalue weighted by atomic mass is 9.85. The molecule has 50 heavy (non-hydrogen) atoms. The number of ketones is 1. The Bertz CT molecular complexity index is 1540. The molecule has 1 aliphatic carbocycles. The van der Waals surface area contributed by atoms with E-state index >= 15 is 0 Å². The Hall–Kier alpha value is -4.43. The van der Waals surface area contributed by atoms with Gasteiger partial charge >= 0.3 is 0 Å². The van der Waals surface area contributed by atoms with E-state index in [4.69, 9.17) is 0 Å². The second kappa shape index (κ2) is 24.7. The molecule has 1 unspecified atom stereocenters. The molecule has 0 N–H and O–H groups in total. The number of carbonyl (C=O) groups excluding carboxylic acids is 1. The Morgan fingerprint density at radius 3 is 1.88 bits per heavy atom. The van der Waals surface area contributed by atoms with E-state index in [1.54, 1.807) is 6.08 Å². The van der Waals surface area contributed by atoms with E-state index in [0.29, 0.717) is 12.3 Å². The van der Waals surface area contributed by atoms with E-state index in [-0.39, 0.29) is 11.2 Å². The summed E-state index contributed by atoms with van der Waals surface area (Å²) >= 11 is 0. The predicted octanol–water partition coefficient (Wildman–Crippen LogP) is 14.7. The van der Waals surface area contributed by atoms with Crippen molar-refractivity contribution >= 4 is 22.7 Å². The largest absolute Gasteiger partial charge is 0.342 e. The van der Waals surface area contributed by atoms with Crippen LogP contribution >= 0.6 is 0 Å². The van der Waals surface area contributed by atoms with Gasteiger partial charge in [-0.05, 0) is 110 Å². The minimum Gasteiger partial charge on any atom is -0.342 e. The maximum absolute atomic E-state index is 12.0. The van der Waals surface area contributed by atoms with E-state index in [9.17, 15) is 4.79 Å². The van der Waals surface area contributed by atoms with Gasteiger partial charge in [-0.25, -0.2) is 0 Å². The number of Topliss-reactive ketones (excluding diaryl/α,β-unsaturated/α-hetero) is 1. The van der Waals surface area contributed by atoms with Crippen molar-refractivity contribution < 1.29 is 4.79 Å². The van der Waals surface area contributed by atoms with Gasteiger partial charge in [-0.3, -0.25) is 4.79 Å². The molecule has 3 rings (SSSR count). The fourth-order valence-corrected chi connectivity index (χ4v) is 5.33. The maximum Gasteiger partial charge on any atom is 0.167 e. The van der Waals surface area contributed by atoms with Crippen LogP contribution in [0.15, 0.2) is 151 Å². The normalized spacial score (nSPS) is 15.0. The molecular weight excluding hydrogens is 607 g/mol. The van der Waals surface area contributed by atoms with Crippen LogP contribution in [0.4, 0.5) is 11.4 Å². The molecule has 0 aliphatic heterocycles. The zero-order chi connectivity index (χ0) is 38.3. The molecule has 0 saturated heterocycles. The van der Waals surface area contributed by atoms with E-state index in [2.05, 4.69) is 158 Å². The number of allylic oxidation sites excluding steroid dienone is 16. The summed E-state index contributed by atoms with van der Waals surface area (Å²) in [6, 6.07) is 17.8. The van der Waals surface area contributed by atoms with Crippen molar-refractivity contribution in [3.63, 3.8) is 0 Å². The minimum atomic E-state index is 0.000213. The Morgan fingerprint density at radius 1 is 0.880 bits per heavy atom. The predicted molar refractivity (Wildman–Crippen MR) is 227 cm³/mol. The van der Waals surface area contributed by atoms with Crippen LogP contribution in [0.5, 0.6) is 0 Å². The molecule has 2 aromatic rings. The number of carbonyl (C=O) groups is 1. The quantitative estimate of drug-likeness (QED) is 0.221. The zero-order valence-corrected chi connectivity index (χ0v) is 33.7. The monoisotopic (exact) mass is 674 g/mol. The highest BCUT2D eigenvalue weighted by molar-refractivity contribution is 6.05. The molecule has 0 spiro atoms. The van der Waals surface area contributed by atoms with Crippen molar-refractivity contribution in [2.45, 2.75) is 102 Å². The van der Waals surface area contributed by atoms with Crippen LogP contribution in [-0.4, -0.2) is 12.3 Å². The summed E-state index contributed by atoms with van der Waals surface area (Å²) in [6.45, 7) is 35.4. The van der Waals surface area contributed by atoms with Crippen molar-refractivity contribution in [1.82, 2.24) is 0 Å². The Balaban J connectivity index is 0.000000942. The summed E-state index contributed by atoms with van der Waals surface area (Å²) in [4.78, 5) is 14.4. The summed E-state index contributed by atoms with van der Waals surface area (Å²) in [6.07, 6.45) is 22.8. The fraction of sp³-hybridized carbons (Fsp3) is 0.354. The number of rotatable bonds is 11. The molecule has 270 valence electrons. The third-order valence-corrected chi connectivity index (χ3v) is 8.16. The van der Waals surface area contributed by atoms with Crippen LogP contribution in [0.1, 0.15) is 113 Å². The molecule has 0 radical (unpaired) electrons. The standard InChI is InChI=1S/C27H33N.C17H22O.2C2H6/c1-6-10-11-13-22(5)24-14-18-26(19-15-24)28(9-4)27-20-16-25(17-21-27)23(8-3)12-7-2;1-7-9-13-10-16(18)15(12(13)3)11-14(8-2)17(4,5)6;2*1-2/h6-8,10-22H,9H2,1-5H3;7-9,11H,1-2,10H2,3-6H3;2*1-2H3/b10-6-,12-7-,13-11-,23-8+;13-9+,14-11+;;. The molecule has 0 saturated carbocycles. The molecule has 2 aromatic carbocycles. The summed E-state index contributed by atoms with van der Waals surface area (Å²) in [7, 11) is 0. The second-order valence-electron chi connectivity index (χ2n) is 12.4. The number of hydrogen-bond acceptors (Lipinski definition) is 2. The van der Waals surface area contributed by atoms with E-state index < -0.39 is 0 Å². The first-order valence-electron chi connectivity index (χ1n) is 18.4. The van der Waals surface area contributed by atoms with Gasteiger partial charge < -0.3 is 4.90 Å². The molecule has 0 amide bonds. The van der Waals surface area contributed by atoms with Crippen molar-refractivity contribution in [1.29, 1.82) is 0 Å². The van der Waals surface area contributed by atoms with Crippen LogP contribution in [0.3, 0.4) is 0 Å². The minimum absolute atomic E-state index is 0.000213. The summed E-state index contributed by atoms with van der Waals surface area (Å²) in [5.41, 5.74) is 10.3.